The first-order chi connectivity index (χ1) is 13.1. The number of nitro groups is 1. The van der Waals surface area contributed by atoms with Crippen LogP contribution < -0.4 is 10.1 Å². The van der Waals surface area contributed by atoms with E-state index in [1.165, 1.54) is 17.8 Å². The van der Waals surface area contributed by atoms with Crippen molar-refractivity contribution in [3.63, 3.8) is 0 Å². The van der Waals surface area contributed by atoms with Gasteiger partial charge >= 0.3 is 0 Å². The molecule has 3 aromatic rings. The second-order valence-corrected chi connectivity index (χ2v) is 6.36. The van der Waals surface area contributed by atoms with Gasteiger partial charge in [0.1, 0.15) is 5.75 Å². The van der Waals surface area contributed by atoms with Crippen LogP contribution in [0.15, 0.2) is 77.7 Å². The van der Waals surface area contributed by atoms with Crippen molar-refractivity contribution in [2.24, 2.45) is 0 Å². The third-order valence-electron chi connectivity index (χ3n) is 3.74. The van der Waals surface area contributed by atoms with Crippen LogP contribution in [0, 0.1) is 10.1 Å². The van der Waals surface area contributed by atoms with Crippen molar-refractivity contribution in [2.75, 3.05) is 11.6 Å². The first-order valence-corrected chi connectivity index (χ1v) is 9.26. The summed E-state index contributed by atoms with van der Waals surface area (Å²) >= 11 is 1.26. The SMILES string of the molecule is CSc1ccc(C(=O)Nc2ccccc2Oc2ccccc2)cc1[N+](=O)[O-]. The lowest BCUT2D eigenvalue weighted by Crippen LogP contribution is -2.13. The predicted molar refractivity (Wildman–Crippen MR) is 106 cm³/mol. The van der Waals surface area contributed by atoms with E-state index < -0.39 is 10.8 Å². The number of nitro benzene ring substituents is 1. The van der Waals surface area contributed by atoms with Gasteiger partial charge in [0.05, 0.1) is 15.5 Å². The Balaban J connectivity index is 1.85. The molecule has 136 valence electrons. The van der Waals surface area contributed by atoms with Crippen molar-refractivity contribution in [1.82, 2.24) is 0 Å². The standard InChI is InChI=1S/C20H16N2O4S/c1-27-19-12-11-14(13-17(19)22(24)25)20(23)21-16-9-5-6-10-18(16)26-15-7-3-2-4-8-15/h2-13H,1H3,(H,21,23). The lowest BCUT2D eigenvalue weighted by molar-refractivity contribution is -0.387. The molecule has 0 aliphatic rings. The number of carbonyl (C=O) groups excluding carboxylic acids is 1. The molecule has 0 aliphatic heterocycles. The first kappa shape index (κ1) is 18.5. The minimum atomic E-state index is -0.491. The summed E-state index contributed by atoms with van der Waals surface area (Å²) in [4.78, 5) is 23.8. The van der Waals surface area contributed by atoms with E-state index in [1.54, 1.807) is 42.7 Å². The number of benzene rings is 3. The van der Waals surface area contributed by atoms with Gasteiger partial charge in [-0.05, 0) is 42.7 Å². The van der Waals surface area contributed by atoms with Crippen LogP contribution in [0.5, 0.6) is 11.5 Å². The Morgan fingerprint density at radius 2 is 1.74 bits per heavy atom. The molecule has 0 fully saturated rings. The van der Waals surface area contributed by atoms with E-state index in [4.69, 9.17) is 4.74 Å². The van der Waals surface area contributed by atoms with Gasteiger partial charge in [0.25, 0.3) is 11.6 Å². The van der Waals surface area contributed by atoms with Gasteiger partial charge in [-0.25, -0.2) is 0 Å². The molecule has 0 unspecified atom stereocenters. The van der Waals surface area contributed by atoms with E-state index in [-0.39, 0.29) is 11.3 Å². The molecule has 0 saturated heterocycles. The highest BCUT2D eigenvalue weighted by Crippen LogP contribution is 2.31. The monoisotopic (exact) mass is 380 g/mol. The van der Waals surface area contributed by atoms with Crippen molar-refractivity contribution in [2.45, 2.75) is 4.90 Å². The summed E-state index contributed by atoms with van der Waals surface area (Å²) in [6, 6.07) is 20.6. The number of anilines is 1. The second-order valence-electron chi connectivity index (χ2n) is 5.51. The molecule has 3 rings (SSSR count). The number of amides is 1. The molecular formula is C20H16N2O4S. The summed E-state index contributed by atoms with van der Waals surface area (Å²) in [5, 5.41) is 14.0. The van der Waals surface area contributed by atoms with E-state index in [9.17, 15) is 14.9 Å². The molecule has 0 radical (unpaired) electrons. The normalized spacial score (nSPS) is 10.3. The summed E-state index contributed by atoms with van der Waals surface area (Å²) in [6.07, 6.45) is 1.75. The molecular weight excluding hydrogens is 364 g/mol. The van der Waals surface area contributed by atoms with Crippen molar-refractivity contribution in [1.29, 1.82) is 0 Å². The van der Waals surface area contributed by atoms with Crippen LogP contribution in [0.2, 0.25) is 0 Å². The lowest BCUT2D eigenvalue weighted by Gasteiger charge is -2.12. The van der Waals surface area contributed by atoms with Crippen molar-refractivity contribution >= 4 is 29.0 Å². The van der Waals surface area contributed by atoms with E-state index in [2.05, 4.69) is 5.32 Å². The summed E-state index contributed by atoms with van der Waals surface area (Å²) in [5.41, 5.74) is 0.584. The molecule has 0 aliphatic carbocycles. The Morgan fingerprint density at radius 3 is 2.44 bits per heavy atom. The Bertz CT molecular complexity index is 977. The number of ether oxygens (including phenoxy) is 1. The number of hydrogen-bond donors (Lipinski definition) is 1. The van der Waals surface area contributed by atoms with Crippen LogP contribution in [-0.2, 0) is 0 Å². The topological polar surface area (TPSA) is 81.5 Å². The fourth-order valence-corrected chi connectivity index (χ4v) is 2.99. The Kier molecular flexibility index (Phi) is 5.73. The van der Waals surface area contributed by atoms with Crippen LogP contribution in [0.3, 0.4) is 0 Å². The maximum atomic E-state index is 12.6. The number of nitrogens with one attached hydrogen (secondary N) is 1. The average Bonchev–Trinajstić information content (AvgIpc) is 2.69. The zero-order chi connectivity index (χ0) is 19.2. The van der Waals surface area contributed by atoms with Crippen molar-refractivity contribution < 1.29 is 14.5 Å². The first-order valence-electron chi connectivity index (χ1n) is 8.04. The molecule has 0 bridgehead atoms. The molecule has 27 heavy (non-hydrogen) atoms. The van der Waals surface area contributed by atoms with E-state index in [0.29, 0.717) is 22.1 Å². The van der Waals surface area contributed by atoms with Gasteiger partial charge in [-0.1, -0.05) is 30.3 Å². The second kappa shape index (κ2) is 8.37. The quantitative estimate of drug-likeness (QED) is 0.354. The highest BCUT2D eigenvalue weighted by atomic mass is 32.2. The molecule has 7 heteroatoms. The Labute approximate surface area is 160 Å². The largest absolute Gasteiger partial charge is 0.455 e. The zero-order valence-electron chi connectivity index (χ0n) is 14.4. The molecule has 0 atom stereocenters. The summed E-state index contributed by atoms with van der Waals surface area (Å²) in [5.74, 6) is 0.668. The maximum Gasteiger partial charge on any atom is 0.283 e. The number of hydrogen-bond acceptors (Lipinski definition) is 5. The fraction of sp³-hybridized carbons (Fsp3) is 0.0500. The molecule has 3 aromatic carbocycles. The number of para-hydroxylation sites is 3. The molecule has 0 spiro atoms. The van der Waals surface area contributed by atoms with Gasteiger partial charge in [0.15, 0.2) is 5.75 Å². The highest BCUT2D eigenvalue weighted by molar-refractivity contribution is 7.98. The number of nitrogens with zero attached hydrogens (tertiary/aromatic N) is 1. The molecule has 1 N–H and O–H groups in total. The molecule has 0 saturated carbocycles. The number of rotatable bonds is 6. The van der Waals surface area contributed by atoms with Gasteiger partial charge in [0, 0.05) is 11.6 Å². The molecule has 0 heterocycles. The van der Waals surface area contributed by atoms with Gasteiger partial charge in [-0.3, -0.25) is 14.9 Å². The Hall–Kier alpha value is -3.32. The third kappa shape index (κ3) is 4.45. The van der Waals surface area contributed by atoms with E-state index in [0.717, 1.165) is 0 Å². The number of thioether (sulfide) groups is 1. The maximum absolute atomic E-state index is 12.6. The van der Waals surface area contributed by atoms with E-state index in [1.807, 2.05) is 30.3 Å². The smallest absolute Gasteiger partial charge is 0.283 e. The lowest BCUT2D eigenvalue weighted by atomic mass is 10.2. The van der Waals surface area contributed by atoms with Crippen LogP contribution in [-0.4, -0.2) is 17.1 Å². The van der Waals surface area contributed by atoms with Gasteiger partial charge in [-0.2, -0.15) is 0 Å². The van der Waals surface area contributed by atoms with Crippen LogP contribution in [0.1, 0.15) is 10.4 Å². The number of carbonyl (C=O) groups is 1. The minimum absolute atomic E-state index is 0.0935. The van der Waals surface area contributed by atoms with Crippen LogP contribution in [0.4, 0.5) is 11.4 Å². The van der Waals surface area contributed by atoms with E-state index >= 15 is 0 Å². The van der Waals surface area contributed by atoms with Crippen molar-refractivity contribution in [3.05, 3.63) is 88.5 Å². The average molecular weight is 380 g/mol. The molecule has 6 nitrogen and oxygen atoms in total. The van der Waals surface area contributed by atoms with Crippen LogP contribution in [0.25, 0.3) is 0 Å². The van der Waals surface area contributed by atoms with Gasteiger partial charge in [0.2, 0.25) is 0 Å². The van der Waals surface area contributed by atoms with Crippen LogP contribution >= 0.6 is 11.8 Å². The zero-order valence-corrected chi connectivity index (χ0v) is 15.2. The predicted octanol–water partition coefficient (Wildman–Crippen LogP) is 5.36. The summed E-state index contributed by atoms with van der Waals surface area (Å²) in [6.45, 7) is 0. The molecule has 1 amide bonds. The summed E-state index contributed by atoms with van der Waals surface area (Å²) < 4.78 is 5.82. The van der Waals surface area contributed by atoms with Crippen molar-refractivity contribution in [3.8, 4) is 11.5 Å². The molecule has 0 aromatic heterocycles. The highest BCUT2D eigenvalue weighted by Gasteiger charge is 2.18. The fourth-order valence-electron chi connectivity index (χ4n) is 2.44. The van der Waals surface area contributed by atoms with Gasteiger partial charge < -0.3 is 10.1 Å². The minimum Gasteiger partial charge on any atom is -0.455 e. The third-order valence-corrected chi connectivity index (χ3v) is 4.53. The summed E-state index contributed by atoms with van der Waals surface area (Å²) in [7, 11) is 0. The Morgan fingerprint density at radius 1 is 1.04 bits per heavy atom. The van der Waals surface area contributed by atoms with Gasteiger partial charge in [-0.15, -0.1) is 11.8 Å².